The summed E-state index contributed by atoms with van der Waals surface area (Å²) in [6.45, 7) is 4.26. The predicted molar refractivity (Wildman–Crippen MR) is 309 cm³/mol. The molecule has 10 aromatic carbocycles. The molecule has 2 nitrogen and oxygen atoms in total. The molecule has 0 amide bonds. The van der Waals surface area contributed by atoms with Gasteiger partial charge in [-0.1, -0.05) is 242 Å². The summed E-state index contributed by atoms with van der Waals surface area (Å²) in [5, 5.41) is 0. The third-order valence-electron chi connectivity index (χ3n) is 12.9. The highest BCUT2D eigenvalue weighted by Crippen LogP contribution is 2.39. The molecule has 0 unspecified atom stereocenters. The second-order valence-corrected chi connectivity index (χ2v) is 18.0. The van der Waals surface area contributed by atoms with Crippen molar-refractivity contribution in [1.29, 1.82) is 0 Å². The molecular weight excluding hydrogens is 869 g/mol. The summed E-state index contributed by atoms with van der Waals surface area (Å²) >= 11 is 0. The van der Waals surface area contributed by atoms with Crippen molar-refractivity contribution in [2.45, 2.75) is 13.8 Å². The molecule has 2 heteroatoms. The molecule has 0 aliphatic rings. The van der Waals surface area contributed by atoms with Gasteiger partial charge in [0, 0.05) is 34.1 Å². The number of hydrogen-bond acceptors (Lipinski definition) is 2. The van der Waals surface area contributed by atoms with E-state index in [1.807, 2.05) is 0 Å². The van der Waals surface area contributed by atoms with Gasteiger partial charge in [-0.3, -0.25) is 0 Å². The maximum Gasteiger partial charge on any atom is 0.0462 e. The summed E-state index contributed by atoms with van der Waals surface area (Å²) in [6, 6.07) is 95.3. The Balaban J connectivity index is 0.884. The van der Waals surface area contributed by atoms with Gasteiger partial charge in [0.05, 0.1) is 0 Å². The smallest absolute Gasteiger partial charge is 0.0462 e. The molecule has 0 bridgehead atoms. The quantitative estimate of drug-likeness (QED) is 0.0946. The molecule has 0 saturated carbocycles. The standard InChI is InChI=1S/C70H56N2/c1-53-29-41-63(42-30-53)71(65-45-33-55(34-46-65)17-15-27-69(59-19-7-3-8-20-59)60-21-9-4-10-22-60)67-49-37-57(38-50-67)58-39-51-68(52-40-58)72(64-43-31-54(2)32-44-64)66-47-35-56(36-48-66)18-16-28-70(61-23-11-5-12-24-61)62-25-13-6-14-26-62/h3-52H,1-2H3/b17-15+,18-16+. The Kier molecular flexibility index (Phi) is 14.5. The summed E-state index contributed by atoms with van der Waals surface area (Å²) in [5.74, 6) is 0. The zero-order valence-electron chi connectivity index (χ0n) is 40.8. The van der Waals surface area contributed by atoms with E-state index in [1.165, 1.54) is 44.5 Å². The summed E-state index contributed by atoms with van der Waals surface area (Å²) in [6.07, 6.45) is 13.1. The van der Waals surface area contributed by atoms with Crippen molar-refractivity contribution in [3.05, 3.63) is 336 Å². The summed E-state index contributed by atoms with van der Waals surface area (Å²) in [7, 11) is 0. The maximum atomic E-state index is 2.33. The SMILES string of the molecule is Cc1ccc(N(c2ccc(/C=C/C=C(c3ccccc3)c3ccccc3)cc2)c2ccc(-c3ccc(N(c4ccc(C)cc4)c4ccc(/C=C/C=C(c5ccccc5)c5ccccc5)cc4)cc3)cc2)cc1. The Labute approximate surface area is 425 Å². The van der Waals surface area contributed by atoms with Crippen LogP contribution in [0.25, 0.3) is 34.4 Å². The highest BCUT2D eigenvalue weighted by Gasteiger charge is 2.15. The number of nitrogens with zero attached hydrogens (tertiary/aromatic N) is 2. The fourth-order valence-corrected chi connectivity index (χ4v) is 9.06. The minimum atomic E-state index is 1.09. The Morgan fingerprint density at radius 2 is 0.500 bits per heavy atom. The van der Waals surface area contributed by atoms with Gasteiger partial charge in [0.25, 0.3) is 0 Å². The molecule has 0 atom stereocenters. The van der Waals surface area contributed by atoms with Gasteiger partial charge in [-0.2, -0.15) is 0 Å². The predicted octanol–water partition coefficient (Wildman–Crippen LogP) is 19.2. The van der Waals surface area contributed by atoms with Gasteiger partial charge < -0.3 is 9.80 Å². The lowest BCUT2D eigenvalue weighted by atomic mass is 9.97. The van der Waals surface area contributed by atoms with E-state index in [2.05, 4.69) is 327 Å². The van der Waals surface area contributed by atoms with Crippen molar-refractivity contribution < 1.29 is 0 Å². The van der Waals surface area contributed by atoms with Gasteiger partial charge in [-0.05, 0) is 142 Å². The summed E-state index contributed by atoms with van der Waals surface area (Å²) < 4.78 is 0. The molecule has 0 radical (unpaired) electrons. The van der Waals surface area contributed by atoms with Crippen molar-refractivity contribution >= 4 is 57.4 Å². The number of anilines is 6. The van der Waals surface area contributed by atoms with Gasteiger partial charge >= 0.3 is 0 Å². The first-order chi connectivity index (χ1) is 35.5. The van der Waals surface area contributed by atoms with Crippen LogP contribution < -0.4 is 9.80 Å². The van der Waals surface area contributed by atoms with Gasteiger partial charge in [-0.25, -0.2) is 0 Å². The van der Waals surface area contributed by atoms with Crippen molar-refractivity contribution in [3.8, 4) is 11.1 Å². The Morgan fingerprint density at radius 1 is 0.264 bits per heavy atom. The first-order valence-electron chi connectivity index (χ1n) is 24.7. The minimum absolute atomic E-state index is 1.09. The van der Waals surface area contributed by atoms with Crippen LogP contribution in [0, 0.1) is 13.8 Å². The zero-order chi connectivity index (χ0) is 48.9. The fourth-order valence-electron chi connectivity index (χ4n) is 9.06. The van der Waals surface area contributed by atoms with E-state index < -0.39 is 0 Å². The van der Waals surface area contributed by atoms with Crippen molar-refractivity contribution in [2.75, 3.05) is 9.80 Å². The minimum Gasteiger partial charge on any atom is -0.311 e. The molecule has 0 aliphatic carbocycles. The van der Waals surface area contributed by atoms with E-state index in [1.54, 1.807) is 0 Å². The fraction of sp³-hybridized carbons (Fsp3) is 0.0286. The monoisotopic (exact) mass is 924 g/mol. The van der Waals surface area contributed by atoms with Crippen LogP contribution in [0.5, 0.6) is 0 Å². The van der Waals surface area contributed by atoms with E-state index in [4.69, 9.17) is 0 Å². The molecule has 72 heavy (non-hydrogen) atoms. The molecule has 0 heterocycles. The van der Waals surface area contributed by atoms with Gasteiger partial charge in [-0.15, -0.1) is 0 Å². The number of benzene rings is 10. The number of aryl methyl sites for hydroxylation is 2. The lowest BCUT2D eigenvalue weighted by molar-refractivity contribution is 1.27. The molecule has 10 aromatic rings. The second kappa shape index (κ2) is 22.5. The third kappa shape index (κ3) is 11.3. The Morgan fingerprint density at radius 3 is 0.764 bits per heavy atom. The number of rotatable bonds is 15. The highest BCUT2D eigenvalue weighted by atomic mass is 15.1. The van der Waals surface area contributed by atoms with Crippen molar-refractivity contribution in [2.24, 2.45) is 0 Å². The maximum absolute atomic E-state index is 2.33. The average Bonchev–Trinajstić information content (AvgIpc) is 3.44. The molecule has 0 N–H and O–H groups in total. The lowest BCUT2D eigenvalue weighted by Crippen LogP contribution is -2.10. The van der Waals surface area contributed by atoms with Gasteiger partial charge in [0.15, 0.2) is 0 Å². The first-order valence-corrected chi connectivity index (χ1v) is 24.7. The largest absolute Gasteiger partial charge is 0.311 e. The normalized spacial score (nSPS) is 11.1. The zero-order valence-corrected chi connectivity index (χ0v) is 40.8. The van der Waals surface area contributed by atoms with E-state index >= 15 is 0 Å². The number of hydrogen-bond donors (Lipinski definition) is 0. The molecule has 0 aliphatic heterocycles. The van der Waals surface area contributed by atoms with E-state index in [9.17, 15) is 0 Å². The summed E-state index contributed by atoms with van der Waals surface area (Å²) in [5.41, 5.74) is 20.8. The molecule has 0 spiro atoms. The van der Waals surface area contributed by atoms with Crippen LogP contribution in [0.2, 0.25) is 0 Å². The average molecular weight is 925 g/mol. The lowest BCUT2D eigenvalue weighted by Gasteiger charge is -2.26. The molecule has 0 saturated heterocycles. The van der Waals surface area contributed by atoms with Crippen LogP contribution in [0.1, 0.15) is 44.5 Å². The van der Waals surface area contributed by atoms with Crippen LogP contribution in [0.15, 0.2) is 291 Å². The third-order valence-corrected chi connectivity index (χ3v) is 12.9. The van der Waals surface area contributed by atoms with Gasteiger partial charge in [0.2, 0.25) is 0 Å². The molecule has 0 fully saturated rings. The van der Waals surface area contributed by atoms with Crippen molar-refractivity contribution in [3.63, 3.8) is 0 Å². The first kappa shape index (κ1) is 46.5. The highest BCUT2D eigenvalue weighted by molar-refractivity contribution is 5.84. The molecule has 0 aromatic heterocycles. The second-order valence-electron chi connectivity index (χ2n) is 18.0. The van der Waals surface area contributed by atoms with Crippen LogP contribution in [0.3, 0.4) is 0 Å². The van der Waals surface area contributed by atoms with Crippen LogP contribution in [-0.2, 0) is 0 Å². The van der Waals surface area contributed by atoms with Crippen LogP contribution >= 0.6 is 0 Å². The number of allylic oxidation sites excluding steroid dienone is 4. The van der Waals surface area contributed by atoms with Gasteiger partial charge in [0.1, 0.15) is 0 Å². The topological polar surface area (TPSA) is 6.48 Å². The molecule has 346 valence electrons. The van der Waals surface area contributed by atoms with Crippen molar-refractivity contribution in [1.82, 2.24) is 0 Å². The summed E-state index contributed by atoms with van der Waals surface area (Å²) in [4.78, 5) is 4.65. The Hall–Kier alpha value is -9.24. The van der Waals surface area contributed by atoms with E-state index in [0.29, 0.717) is 0 Å². The van der Waals surface area contributed by atoms with E-state index in [0.717, 1.165) is 56.4 Å². The van der Waals surface area contributed by atoms with Crippen LogP contribution in [-0.4, -0.2) is 0 Å². The Bertz CT molecular complexity index is 3110. The van der Waals surface area contributed by atoms with Crippen LogP contribution in [0.4, 0.5) is 34.1 Å². The molecule has 10 rings (SSSR count). The van der Waals surface area contributed by atoms with E-state index in [-0.39, 0.29) is 0 Å². The molecular formula is C70H56N2.